The van der Waals surface area contributed by atoms with Gasteiger partial charge in [-0.1, -0.05) is 23.2 Å². The van der Waals surface area contributed by atoms with Gasteiger partial charge in [-0.25, -0.2) is 0 Å². The average Bonchev–Trinajstić information content (AvgIpc) is 2.64. The second-order valence-corrected chi connectivity index (χ2v) is 7.04. The van der Waals surface area contributed by atoms with Crippen LogP contribution >= 0.6 is 23.2 Å². The Hall–Kier alpha value is -2.15. The number of nitrogens with zero attached hydrogens (tertiary/aromatic N) is 1. The van der Waals surface area contributed by atoms with Crippen molar-refractivity contribution >= 4 is 46.2 Å². The first-order valence-corrected chi connectivity index (χ1v) is 9.34. The van der Waals surface area contributed by atoms with Crippen LogP contribution < -0.4 is 20.7 Å². The highest BCUT2D eigenvalue weighted by Crippen LogP contribution is 2.29. The van der Waals surface area contributed by atoms with Gasteiger partial charge in [-0.05, 0) is 43.3 Å². The molecule has 1 aliphatic heterocycles. The Morgan fingerprint density at radius 2 is 1.96 bits per heavy atom. The SMILES string of the molecule is C[C@@H](Oc1ccc(Cl)cc1Cl)C(=O)Nc1ccc(N2CCOCC2)c(N)c1. The fraction of sp³-hybridized carbons (Fsp3) is 0.316. The Kier molecular flexibility index (Phi) is 6.31. The number of ether oxygens (including phenoxy) is 2. The van der Waals surface area contributed by atoms with Crippen molar-refractivity contribution in [3.8, 4) is 5.75 Å². The molecule has 8 heteroatoms. The maximum atomic E-state index is 12.4. The summed E-state index contributed by atoms with van der Waals surface area (Å²) in [6.07, 6.45) is -0.746. The number of carbonyl (C=O) groups excluding carboxylic acids is 1. The van der Waals surface area contributed by atoms with Crippen molar-refractivity contribution in [2.24, 2.45) is 0 Å². The molecule has 0 saturated carbocycles. The molecular formula is C19H21Cl2N3O3. The van der Waals surface area contributed by atoms with Crippen molar-refractivity contribution in [1.82, 2.24) is 0 Å². The number of nitrogens with one attached hydrogen (secondary N) is 1. The average molecular weight is 410 g/mol. The molecule has 0 bridgehead atoms. The van der Waals surface area contributed by atoms with Gasteiger partial charge in [0.1, 0.15) is 5.75 Å². The lowest BCUT2D eigenvalue weighted by atomic mass is 10.2. The summed E-state index contributed by atoms with van der Waals surface area (Å²) < 4.78 is 11.0. The molecule has 1 aliphatic rings. The number of halogens is 2. The Labute approximate surface area is 168 Å². The fourth-order valence-electron chi connectivity index (χ4n) is 2.78. The smallest absolute Gasteiger partial charge is 0.265 e. The number of hydrogen-bond donors (Lipinski definition) is 2. The lowest BCUT2D eigenvalue weighted by molar-refractivity contribution is -0.122. The molecule has 0 spiro atoms. The number of amides is 1. The summed E-state index contributed by atoms with van der Waals surface area (Å²) in [5, 5.41) is 3.66. The van der Waals surface area contributed by atoms with Crippen molar-refractivity contribution in [1.29, 1.82) is 0 Å². The predicted octanol–water partition coefficient (Wildman–Crippen LogP) is 3.82. The maximum Gasteiger partial charge on any atom is 0.265 e. The largest absolute Gasteiger partial charge is 0.479 e. The molecule has 6 nitrogen and oxygen atoms in total. The van der Waals surface area contributed by atoms with Crippen LogP contribution in [0.25, 0.3) is 0 Å². The van der Waals surface area contributed by atoms with Crippen LogP contribution in [0.2, 0.25) is 10.0 Å². The molecule has 0 radical (unpaired) electrons. The number of benzene rings is 2. The van der Waals surface area contributed by atoms with E-state index in [-0.39, 0.29) is 5.91 Å². The Bertz CT molecular complexity index is 826. The fourth-order valence-corrected chi connectivity index (χ4v) is 3.24. The summed E-state index contributed by atoms with van der Waals surface area (Å²) >= 11 is 11.9. The van der Waals surface area contributed by atoms with Crippen LogP contribution in [0.1, 0.15) is 6.92 Å². The lowest BCUT2D eigenvalue weighted by Crippen LogP contribution is -2.36. The number of anilines is 3. The summed E-state index contributed by atoms with van der Waals surface area (Å²) in [4.78, 5) is 14.6. The molecule has 2 aromatic carbocycles. The molecule has 0 aromatic heterocycles. The van der Waals surface area contributed by atoms with Gasteiger partial charge in [-0.2, -0.15) is 0 Å². The van der Waals surface area contributed by atoms with Crippen molar-refractivity contribution in [3.63, 3.8) is 0 Å². The van der Waals surface area contributed by atoms with Crippen LogP contribution in [-0.2, 0) is 9.53 Å². The van der Waals surface area contributed by atoms with Gasteiger partial charge in [0, 0.05) is 23.8 Å². The minimum Gasteiger partial charge on any atom is -0.479 e. The highest BCUT2D eigenvalue weighted by molar-refractivity contribution is 6.35. The maximum absolute atomic E-state index is 12.4. The Balaban J connectivity index is 1.63. The minimum atomic E-state index is -0.746. The number of morpholine rings is 1. The van der Waals surface area contributed by atoms with Gasteiger partial charge in [0.05, 0.1) is 29.6 Å². The van der Waals surface area contributed by atoms with Gasteiger partial charge in [0.2, 0.25) is 0 Å². The summed E-state index contributed by atoms with van der Waals surface area (Å²) in [7, 11) is 0. The van der Waals surface area contributed by atoms with Crippen molar-refractivity contribution < 1.29 is 14.3 Å². The van der Waals surface area contributed by atoms with E-state index in [1.807, 2.05) is 12.1 Å². The van der Waals surface area contributed by atoms with Gasteiger partial charge in [-0.3, -0.25) is 4.79 Å². The number of nitrogen functional groups attached to an aromatic ring is 1. The second kappa shape index (κ2) is 8.69. The van der Waals surface area contributed by atoms with E-state index in [9.17, 15) is 4.79 Å². The normalized spacial score (nSPS) is 15.3. The van der Waals surface area contributed by atoms with Crippen LogP contribution in [0.5, 0.6) is 5.75 Å². The number of nitrogens with two attached hydrogens (primary N) is 1. The number of rotatable bonds is 5. The highest BCUT2D eigenvalue weighted by Gasteiger charge is 2.18. The summed E-state index contributed by atoms with van der Waals surface area (Å²) in [5.41, 5.74) is 8.31. The first-order valence-electron chi connectivity index (χ1n) is 8.59. The van der Waals surface area contributed by atoms with Crippen LogP contribution in [0.15, 0.2) is 36.4 Å². The highest BCUT2D eigenvalue weighted by atomic mass is 35.5. The molecular weight excluding hydrogens is 389 g/mol. The second-order valence-electron chi connectivity index (χ2n) is 6.20. The van der Waals surface area contributed by atoms with E-state index in [0.717, 1.165) is 18.8 Å². The van der Waals surface area contributed by atoms with Gasteiger partial charge in [0.15, 0.2) is 6.10 Å². The monoisotopic (exact) mass is 409 g/mol. The lowest BCUT2D eigenvalue weighted by Gasteiger charge is -2.30. The molecule has 1 amide bonds. The molecule has 1 heterocycles. The zero-order valence-electron chi connectivity index (χ0n) is 14.9. The van der Waals surface area contributed by atoms with Gasteiger partial charge >= 0.3 is 0 Å². The predicted molar refractivity (Wildman–Crippen MR) is 109 cm³/mol. The summed E-state index contributed by atoms with van der Waals surface area (Å²) in [6.45, 7) is 4.59. The molecule has 0 aliphatic carbocycles. The number of hydrogen-bond acceptors (Lipinski definition) is 5. The van der Waals surface area contributed by atoms with Crippen LogP contribution in [0.4, 0.5) is 17.1 Å². The molecule has 27 heavy (non-hydrogen) atoms. The van der Waals surface area contributed by atoms with Crippen molar-refractivity contribution in [2.45, 2.75) is 13.0 Å². The van der Waals surface area contributed by atoms with E-state index in [1.165, 1.54) is 0 Å². The molecule has 144 valence electrons. The molecule has 0 unspecified atom stereocenters. The van der Waals surface area contributed by atoms with E-state index < -0.39 is 6.10 Å². The summed E-state index contributed by atoms with van der Waals surface area (Å²) in [6, 6.07) is 10.3. The van der Waals surface area contributed by atoms with Crippen LogP contribution in [0, 0.1) is 0 Å². The quantitative estimate of drug-likeness (QED) is 0.733. The first kappa shape index (κ1) is 19.6. The zero-order chi connectivity index (χ0) is 19.4. The van der Waals surface area contributed by atoms with Crippen molar-refractivity contribution in [3.05, 3.63) is 46.4 Å². The molecule has 1 atom stereocenters. The zero-order valence-corrected chi connectivity index (χ0v) is 16.4. The third-order valence-corrected chi connectivity index (χ3v) is 4.74. The minimum absolute atomic E-state index is 0.306. The van der Waals surface area contributed by atoms with E-state index in [4.69, 9.17) is 38.4 Å². The molecule has 2 aromatic rings. The topological polar surface area (TPSA) is 76.8 Å². The van der Waals surface area contributed by atoms with Crippen LogP contribution in [-0.4, -0.2) is 38.3 Å². The third kappa shape index (κ3) is 4.97. The standard InChI is InChI=1S/C19H21Cl2N3O3/c1-12(27-18-5-2-13(20)10-15(18)21)19(25)23-14-3-4-17(16(22)11-14)24-6-8-26-9-7-24/h2-5,10-12H,6-9,22H2,1H3,(H,23,25)/t12-/m1/s1. The molecule has 3 rings (SSSR count). The van der Waals surface area contributed by atoms with Gasteiger partial charge < -0.3 is 25.4 Å². The molecule has 3 N–H and O–H groups in total. The van der Waals surface area contributed by atoms with Gasteiger partial charge in [0.25, 0.3) is 5.91 Å². The van der Waals surface area contributed by atoms with Crippen LogP contribution in [0.3, 0.4) is 0 Å². The van der Waals surface area contributed by atoms with E-state index in [1.54, 1.807) is 31.2 Å². The first-order chi connectivity index (χ1) is 12.9. The van der Waals surface area contributed by atoms with Crippen molar-refractivity contribution in [2.75, 3.05) is 42.3 Å². The molecule has 1 fully saturated rings. The Morgan fingerprint density at radius 1 is 1.22 bits per heavy atom. The third-order valence-electron chi connectivity index (χ3n) is 4.21. The number of carbonyl (C=O) groups is 1. The Morgan fingerprint density at radius 3 is 2.63 bits per heavy atom. The molecule has 1 saturated heterocycles. The summed E-state index contributed by atoms with van der Waals surface area (Å²) in [5.74, 6) is 0.0884. The van der Waals surface area contributed by atoms with Gasteiger partial charge in [-0.15, -0.1) is 0 Å². The van der Waals surface area contributed by atoms with E-state index in [2.05, 4.69) is 10.2 Å². The van der Waals surface area contributed by atoms with E-state index >= 15 is 0 Å². The van der Waals surface area contributed by atoms with E-state index in [0.29, 0.717) is 40.4 Å².